The molecule has 2 aliphatic carbocycles. The normalized spacial score (nSPS) is 32.2. The predicted molar refractivity (Wildman–Crippen MR) is 84.8 cm³/mol. The maximum absolute atomic E-state index is 10.9. The fraction of sp³-hybridized carbons (Fsp3) is 0.722. The molecule has 0 aliphatic heterocycles. The van der Waals surface area contributed by atoms with Crippen LogP contribution in [0.25, 0.3) is 0 Å². The summed E-state index contributed by atoms with van der Waals surface area (Å²) in [4.78, 5) is 4.18. The van der Waals surface area contributed by atoms with Crippen molar-refractivity contribution in [3.8, 4) is 0 Å². The van der Waals surface area contributed by atoms with Gasteiger partial charge in [0.05, 0.1) is 6.10 Å². The number of rotatable bonds is 4. The molecule has 0 bridgehead atoms. The lowest BCUT2D eigenvalue weighted by Crippen LogP contribution is -2.38. The minimum Gasteiger partial charge on any atom is -0.392 e. The van der Waals surface area contributed by atoms with E-state index in [1.54, 1.807) is 6.20 Å². The van der Waals surface area contributed by atoms with Crippen molar-refractivity contribution in [1.82, 2.24) is 4.98 Å². The van der Waals surface area contributed by atoms with E-state index >= 15 is 0 Å². The Kier molecular flexibility index (Phi) is 4.91. The molecule has 21 heavy (non-hydrogen) atoms. The van der Waals surface area contributed by atoms with Crippen LogP contribution in [0, 0.1) is 17.8 Å². The number of pyridine rings is 1. The van der Waals surface area contributed by atoms with Gasteiger partial charge in [0.15, 0.2) is 0 Å². The molecule has 0 radical (unpaired) electrons. The van der Waals surface area contributed by atoms with Crippen LogP contribution in [-0.4, -0.2) is 22.7 Å². The summed E-state index contributed by atoms with van der Waals surface area (Å²) in [6.07, 6.45) is 12.6. The molecule has 1 aromatic heterocycles. The molecule has 116 valence electrons. The molecule has 0 aromatic carbocycles. The van der Waals surface area contributed by atoms with Gasteiger partial charge in [-0.05, 0) is 48.6 Å². The quantitative estimate of drug-likeness (QED) is 0.895. The summed E-state index contributed by atoms with van der Waals surface area (Å²) in [6, 6.07) is 3.97. The van der Waals surface area contributed by atoms with Crippen LogP contribution in [0.1, 0.15) is 56.4 Å². The largest absolute Gasteiger partial charge is 0.392 e. The zero-order chi connectivity index (χ0) is 14.7. The average molecular weight is 288 g/mol. The molecule has 0 saturated heterocycles. The Morgan fingerprint density at radius 1 is 1.19 bits per heavy atom. The van der Waals surface area contributed by atoms with E-state index in [0.717, 1.165) is 17.4 Å². The van der Waals surface area contributed by atoms with Crippen molar-refractivity contribution in [1.29, 1.82) is 0 Å². The van der Waals surface area contributed by atoms with E-state index in [1.807, 2.05) is 18.3 Å². The molecule has 3 heteroatoms. The number of aliphatic hydroxyl groups is 1. The first-order valence-corrected chi connectivity index (χ1v) is 8.57. The summed E-state index contributed by atoms with van der Waals surface area (Å²) in [5, 5.41) is 10.9. The molecule has 5 atom stereocenters. The fourth-order valence-electron chi connectivity index (χ4n) is 4.62. The standard InChI is InChI=1S/C18H28N2O/c19-11-17(16-6-3-9-20-12-16)18(21)15-8-7-13-4-1-2-5-14(13)10-15/h3,6,9,12-15,17-18,21H,1-2,4-5,7-8,10-11,19H2. The first-order valence-electron chi connectivity index (χ1n) is 8.57. The van der Waals surface area contributed by atoms with Crippen molar-refractivity contribution in [3.63, 3.8) is 0 Å². The summed E-state index contributed by atoms with van der Waals surface area (Å²) in [6.45, 7) is 0.497. The second-order valence-electron chi connectivity index (χ2n) is 7.00. The van der Waals surface area contributed by atoms with E-state index in [4.69, 9.17) is 5.73 Å². The average Bonchev–Trinajstić information content (AvgIpc) is 2.56. The van der Waals surface area contributed by atoms with Gasteiger partial charge in [0.1, 0.15) is 0 Å². The Labute approximate surface area is 128 Å². The van der Waals surface area contributed by atoms with Gasteiger partial charge in [-0.3, -0.25) is 4.98 Å². The number of hydrogen-bond donors (Lipinski definition) is 2. The van der Waals surface area contributed by atoms with Crippen LogP contribution in [0.5, 0.6) is 0 Å². The van der Waals surface area contributed by atoms with E-state index in [-0.39, 0.29) is 12.0 Å². The van der Waals surface area contributed by atoms with E-state index in [2.05, 4.69) is 4.98 Å². The molecule has 2 aliphatic rings. The highest BCUT2D eigenvalue weighted by Crippen LogP contribution is 2.45. The highest BCUT2D eigenvalue weighted by Gasteiger charge is 2.37. The lowest BCUT2D eigenvalue weighted by molar-refractivity contribution is 0.0214. The van der Waals surface area contributed by atoms with Gasteiger partial charge in [-0.1, -0.05) is 31.7 Å². The van der Waals surface area contributed by atoms with Crippen LogP contribution in [0.4, 0.5) is 0 Å². The Morgan fingerprint density at radius 2 is 2.00 bits per heavy atom. The molecule has 3 nitrogen and oxygen atoms in total. The van der Waals surface area contributed by atoms with Crippen LogP contribution in [0.15, 0.2) is 24.5 Å². The van der Waals surface area contributed by atoms with Crippen LogP contribution in [0.2, 0.25) is 0 Å². The van der Waals surface area contributed by atoms with E-state index in [0.29, 0.717) is 12.5 Å². The molecular formula is C18H28N2O. The topological polar surface area (TPSA) is 59.1 Å². The summed E-state index contributed by atoms with van der Waals surface area (Å²) < 4.78 is 0. The summed E-state index contributed by atoms with van der Waals surface area (Å²) in [5.74, 6) is 2.22. The van der Waals surface area contributed by atoms with Crippen molar-refractivity contribution in [2.45, 2.75) is 57.0 Å². The highest BCUT2D eigenvalue weighted by molar-refractivity contribution is 5.17. The minimum atomic E-state index is -0.318. The highest BCUT2D eigenvalue weighted by atomic mass is 16.3. The predicted octanol–water partition coefficient (Wildman–Crippen LogP) is 3.09. The van der Waals surface area contributed by atoms with Gasteiger partial charge >= 0.3 is 0 Å². The number of aromatic nitrogens is 1. The number of aliphatic hydroxyl groups excluding tert-OH is 1. The summed E-state index contributed by atoms with van der Waals surface area (Å²) in [7, 11) is 0. The Hall–Kier alpha value is -0.930. The van der Waals surface area contributed by atoms with Gasteiger partial charge in [0.25, 0.3) is 0 Å². The van der Waals surface area contributed by atoms with Crippen LogP contribution >= 0.6 is 0 Å². The van der Waals surface area contributed by atoms with Gasteiger partial charge in [-0.15, -0.1) is 0 Å². The fourth-order valence-corrected chi connectivity index (χ4v) is 4.62. The lowest BCUT2D eigenvalue weighted by atomic mass is 9.65. The van der Waals surface area contributed by atoms with Crippen molar-refractivity contribution in [2.75, 3.05) is 6.54 Å². The molecular weight excluding hydrogens is 260 g/mol. The summed E-state index contributed by atoms with van der Waals surface area (Å²) >= 11 is 0. The zero-order valence-electron chi connectivity index (χ0n) is 12.8. The van der Waals surface area contributed by atoms with Gasteiger partial charge in [-0.25, -0.2) is 0 Å². The summed E-state index contributed by atoms with van der Waals surface area (Å²) in [5.41, 5.74) is 7.04. The molecule has 0 spiro atoms. The van der Waals surface area contributed by atoms with E-state index in [1.165, 1.54) is 44.9 Å². The smallest absolute Gasteiger partial charge is 0.0649 e. The van der Waals surface area contributed by atoms with Gasteiger partial charge < -0.3 is 10.8 Å². The Balaban J connectivity index is 1.67. The number of nitrogens with two attached hydrogens (primary N) is 1. The molecule has 2 fully saturated rings. The molecule has 0 amide bonds. The molecule has 1 aromatic rings. The van der Waals surface area contributed by atoms with Crippen molar-refractivity contribution in [3.05, 3.63) is 30.1 Å². The van der Waals surface area contributed by atoms with Crippen LogP contribution in [-0.2, 0) is 0 Å². The number of hydrogen-bond acceptors (Lipinski definition) is 3. The van der Waals surface area contributed by atoms with Gasteiger partial charge in [0.2, 0.25) is 0 Å². The lowest BCUT2D eigenvalue weighted by Gasteiger charge is -2.42. The first-order chi connectivity index (χ1) is 10.3. The monoisotopic (exact) mass is 288 g/mol. The van der Waals surface area contributed by atoms with Gasteiger partial charge in [-0.2, -0.15) is 0 Å². The second kappa shape index (κ2) is 6.89. The third-order valence-corrected chi connectivity index (χ3v) is 5.84. The molecule has 1 heterocycles. The third kappa shape index (κ3) is 3.29. The maximum Gasteiger partial charge on any atom is 0.0649 e. The minimum absolute atomic E-state index is 0.0313. The number of nitrogens with zero attached hydrogens (tertiary/aromatic N) is 1. The van der Waals surface area contributed by atoms with E-state index < -0.39 is 0 Å². The van der Waals surface area contributed by atoms with Crippen molar-refractivity contribution >= 4 is 0 Å². The van der Waals surface area contributed by atoms with E-state index in [9.17, 15) is 5.11 Å². The molecule has 3 rings (SSSR count). The molecule has 5 unspecified atom stereocenters. The molecule has 3 N–H and O–H groups in total. The Bertz CT molecular complexity index is 436. The Morgan fingerprint density at radius 3 is 2.71 bits per heavy atom. The zero-order valence-corrected chi connectivity index (χ0v) is 12.8. The first kappa shape index (κ1) is 15.0. The maximum atomic E-state index is 10.9. The van der Waals surface area contributed by atoms with Crippen LogP contribution < -0.4 is 5.73 Å². The van der Waals surface area contributed by atoms with Crippen molar-refractivity contribution in [2.24, 2.45) is 23.5 Å². The third-order valence-electron chi connectivity index (χ3n) is 5.84. The SMILES string of the molecule is NCC(c1cccnc1)C(O)C1CCC2CCCCC2C1. The van der Waals surface area contributed by atoms with Gasteiger partial charge in [0, 0.05) is 24.9 Å². The van der Waals surface area contributed by atoms with Crippen LogP contribution in [0.3, 0.4) is 0 Å². The number of fused-ring (bicyclic) bond motifs is 1. The second-order valence-corrected chi connectivity index (χ2v) is 7.00. The van der Waals surface area contributed by atoms with Crippen molar-refractivity contribution < 1.29 is 5.11 Å². The molecule has 2 saturated carbocycles.